The van der Waals surface area contributed by atoms with Crippen LogP contribution in [0.4, 0.5) is 0 Å². The summed E-state index contributed by atoms with van der Waals surface area (Å²) >= 11 is 0. The van der Waals surface area contributed by atoms with E-state index in [-0.39, 0.29) is 24.3 Å². The molecule has 0 aliphatic heterocycles. The molecule has 2 atom stereocenters. The van der Waals surface area contributed by atoms with E-state index in [0.29, 0.717) is 12.5 Å². The monoisotopic (exact) mass is 319 g/mol. The van der Waals surface area contributed by atoms with Crippen LogP contribution in [0.2, 0.25) is 0 Å². The standard InChI is InChI=1S/C19H29NO3/c1-2-8-17(16-11-6-7-12-16)18(13-21)19(22)20-23-14-15-9-4-3-5-10-15/h3-5,9-10,16-18,21H,2,6-8,11-14H2,1H3,(H,20,22)/t17-,18+/m1/s1. The molecule has 4 nitrogen and oxygen atoms in total. The van der Waals surface area contributed by atoms with Crippen LogP contribution in [0.5, 0.6) is 0 Å². The summed E-state index contributed by atoms with van der Waals surface area (Å²) in [6.07, 6.45) is 6.88. The number of nitrogens with one attached hydrogen (secondary N) is 1. The Hall–Kier alpha value is -1.39. The minimum absolute atomic E-state index is 0.109. The zero-order valence-electron chi connectivity index (χ0n) is 14.0. The van der Waals surface area contributed by atoms with Gasteiger partial charge in [0.15, 0.2) is 0 Å². The van der Waals surface area contributed by atoms with Crippen molar-refractivity contribution in [2.45, 2.75) is 52.1 Å². The Morgan fingerprint density at radius 1 is 1.30 bits per heavy atom. The molecular formula is C19H29NO3. The summed E-state index contributed by atoms with van der Waals surface area (Å²) in [5, 5.41) is 9.75. The van der Waals surface area contributed by atoms with E-state index in [1.165, 1.54) is 25.7 Å². The average Bonchev–Trinajstić information content (AvgIpc) is 3.10. The highest BCUT2D eigenvalue weighted by atomic mass is 16.6. The van der Waals surface area contributed by atoms with Crippen LogP contribution in [0.1, 0.15) is 51.0 Å². The molecule has 1 aromatic carbocycles. The van der Waals surface area contributed by atoms with E-state index in [1.807, 2.05) is 30.3 Å². The Morgan fingerprint density at radius 2 is 2.00 bits per heavy atom. The van der Waals surface area contributed by atoms with E-state index in [9.17, 15) is 9.90 Å². The van der Waals surface area contributed by atoms with Crippen LogP contribution in [0.25, 0.3) is 0 Å². The van der Waals surface area contributed by atoms with Gasteiger partial charge in [-0.3, -0.25) is 9.63 Å². The molecule has 0 heterocycles. The molecule has 128 valence electrons. The topological polar surface area (TPSA) is 58.6 Å². The summed E-state index contributed by atoms with van der Waals surface area (Å²) in [6.45, 7) is 2.37. The molecule has 2 rings (SSSR count). The molecule has 4 heteroatoms. The van der Waals surface area contributed by atoms with Crippen LogP contribution in [0.3, 0.4) is 0 Å². The molecule has 0 spiro atoms. The van der Waals surface area contributed by atoms with E-state index in [4.69, 9.17) is 4.84 Å². The smallest absolute Gasteiger partial charge is 0.249 e. The van der Waals surface area contributed by atoms with Gasteiger partial charge in [0.2, 0.25) is 5.91 Å². The van der Waals surface area contributed by atoms with Crippen molar-refractivity contribution in [2.24, 2.45) is 17.8 Å². The summed E-state index contributed by atoms with van der Waals surface area (Å²) in [6, 6.07) is 9.73. The molecule has 1 aliphatic rings. The van der Waals surface area contributed by atoms with E-state index >= 15 is 0 Å². The van der Waals surface area contributed by atoms with Gasteiger partial charge in [0.05, 0.1) is 19.1 Å². The Balaban J connectivity index is 1.87. The molecule has 1 fully saturated rings. The van der Waals surface area contributed by atoms with Crippen molar-refractivity contribution in [3.05, 3.63) is 35.9 Å². The first-order chi connectivity index (χ1) is 11.3. The second-order valence-electron chi connectivity index (χ2n) is 6.53. The number of carbonyl (C=O) groups is 1. The molecule has 0 unspecified atom stereocenters. The quantitative estimate of drug-likeness (QED) is 0.685. The van der Waals surface area contributed by atoms with E-state index < -0.39 is 0 Å². The van der Waals surface area contributed by atoms with Gasteiger partial charge >= 0.3 is 0 Å². The zero-order valence-corrected chi connectivity index (χ0v) is 14.0. The SMILES string of the molecule is CCC[C@H](C1CCCC1)[C@H](CO)C(=O)NOCc1ccccc1. The maximum Gasteiger partial charge on any atom is 0.249 e. The Kier molecular flexibility index (Phi) is 7.56. The number of aliphatic hydroxyl groups is 1. The van der Waals surface area contributed by atoms with Gasteiger partial charge in [-0.15, -0.1) is 0 Å². The normalized spacial score (nSPS) is 17.8. The fourth-order valence-electron chi connectivity index (χ4n) is 3.74. The second-order valence-corrected chi connectivity index (χ2v) is 6.53. The van der Waals surface area contributed by atoms with Crippen molar-refractivity contribution in [2.75, 3.05) is 6.61 Å². The Labute approximate surface area is 139 Å². The number of hydrogen-bond acceptors (Lipinski definition) is 3. The van der Waals surface area contributed by atoms with E-state index in [0.717, 1.165) is 18.4 Å². The minimum atomic E-state index is -0.367. The van der Waals surface area contributed by atoms with Gasteiger partial charge in [0.25, 0.3) is 0 Å². The first-order valence-corrected chi connectivity index (χ1v) is 8.82. The van der Waals surface area contributed by atoms with Crippen LogP contribution in [-0.2, 0) is 16.2 Å². The van der Waals surface area contributed by atoms with Crippen molar-refractivity contribution in [1.82, 2.24) is 5.48 Å². The highest BCUT2D eigenvalue weighted by Gasteiger charge is 2.34. The lowest BCUT2D eigenvalue weighted by atomic mass is 9.77. The van der Waals surface area contributed by atoms with Gasteiger partial charge in [-0.25, -0.2) is 5.48 Å². The van der Waals surface area contributed by atoms with Crippen LogP contribution < -0.4 is 5.48 Å². The molecule has 0 bridgehead atoms. The molecule has 2 N–H and O–H groups in total. The van der Waals surface area contributed by atoms with Crippen molar-refractivity contribution >= 4 is 5.91 Å². The van der Waals surface area contributed by atoms with Gasteiger partial charge in [-0.05, 0) is 23.8 Å². The van der Waals surface area contributed by atoms with Crippen LogP contribution in [0.15, 0.2) is 30.3 Å². The van der Waals surface area contributed by atoms with Gasteiger partial charge in [0, 0.05) is 0 Å². The Bertz CT molecular complexity index is 457. The van der Waals surface area contributed by atoms with Crippen LogP contribution in [0, 0.1) is 17.8 Å². The predicted molar refractivity (Wildman–Crippen MR) is 90.3 cm³/mol. The van der Waals surface area contributed by atoms with Crippen molar-refractivity contribution in [3.8, 4) is 0 Å². The molecule has 1 aromatic rings. The molecule has 0 aromatic heterocycles. The number of hydrogen-bond donors (Lipinski definition) is 2. The van der Waals surface area contributed by atoms with Crippen LogP contribution in [-0.4, -0.2) is 17.6 Å². The highest BCUT2D eigenvalue weighted by molar-refractivity contribution is 5.78. The highest BCUT2D eigenvalue weighted by Crippen LogP contribution is 2.38. The molecule has 1 amide bonds. The lowest BCUT2D eigenvalue weighted by Crippen LogP contribution is -2.39. The number of rotatable bonds is 9. The minimum Gasteiger partial charge on any atom is -0.396 e. The number of benzene rings is 1. The van der Waals surface area contributed by atoms with Crippen molar-refractivity contribution in [1.29, 1.82) is 0 Å². The fourth-order valence-corrected chi connectivity index (χ4v) is 3.74. The number of amides is 1. The molecule has 0 saturated heterocycles. The first-order valence-electron chi connectivity index (χ1n) is 8.82. The lowest BCUT2D eigenvalue weighted by Gasteiger charge is -2.29. The molecule has 23 heavy (non-hydrogen) atoms. The van der Waals surface area contributed by atoms with Gasteiger partial charge in [0.1, 0.15) is 0 Å². The summed E-state index contributed by atoms with van der Waals surface area (Å²) in [7, 11) is 0. The molecular weight excluding hydrogens is 290 g/mol. The van der Waals surface area contributed by atoms with E-state index in [1.54, 1.807) is 0 Å². The van der Waals surface area contributed by atoms with Gasteiger partial charge < -0.3 is 5.11 Å². The molecule has 1 saturated carbocycles. The maximum atomic E-state index is 12.4. The Morgan fingerprint density at radius 3 is 2.61 bits per heavy atom. The van der Waals surface area contributed by atoms with E-state index in [2.05, 4.69) is 12.4 Å². The largest absolute Gasteiger partial charge is 0.396 e. The number of carbonyl (C=O) groups excluding carboxylic acids is 1. The van der Waals surface area contributed by atoms with Gasteiger partial charge in [-0.2, -0.15) is 0 Å². The summed E-state index contributed by atoms with van der Waals surface area (Å²) in [5.41, 5.74) is 3.55. The maximum absolute atomic E-state index is 12.4. The number of aliphatic hydroxyl groups excluding tert-OH is 1. The molecule has 1 aliphatic carbocycles. The first kappa shape index (κ1) is 18.0. The van der Waals surface area contributed by atoms with Gasteiger partial charge in [-0.1, -0.05) is 69.4 Å². The van der Waals surface area contributed by atoms with Crippen molar-refractivity contribution < 1.29 is 14.7 Å². The summed E-state index contributed by atoms with van der Waals surface area (Å²) < 4.78 is 0. The third-order valence-corrected chi connectivity index (χ3v) is 4.93. The third-order valence-electron chi connectivity index (χ3n) is 4.93. The third kappa shape index (κ3) is 5.33. The average molecular weight is 319 g/mol. The summed E-state index contributed by atoms with van der Waals surface area (Å²) in [5.74, 6) is 0.266. The predicted octanol–water partition coefficient (Wildman–Crippen LogP) is 3.45. The van der Waals surface area contributed by atoms with Crippen molar-refractivity contribution in [3.63, 3.8) is 0 Å². The van der Waals surface area contributed by atoms with Crippen LogP contribution >= 0.6 is 0 Å². The second kappa shape index (κ2) is 9.68. The lowest BCUT2D eigenvalue weighted by molar-refractivity contribution is -0.143. The number of hydroxylamine groups is 1. The fraction of sp³-hybridized carbons (Fsp3) is 0.632. The zero-order chi connectivity index (χ0) is 16.5. The molecule has 0 radical (unpaired) electrons. The summed E-state index contributed by atoms with van der Waals surface area (Å²) in [4.78, 5) is 17.8.